The Balaban J connectivity index is 2.54. The average molecular weight is 232 g/mol. The van der Waals surface area contributed by atoms with Crippen molar-refractivity contribution in [3.8, 4) is 5.69 Å². The number of hydrogen-bond acceptors (Lipinski definition) is 2. The second-order valence-electron chi connectivity index (χ2n) is 4.17. The SMILES string of the molecule is Cc1cccc(-n2[nH]c(C)c(CCO)c2=O)c1. The summed E-state index contributed by atoms with van der Waals surface area (Å²) in [5.41, 5.74) is 3.30. The van der Waals surface area contributed by atoms with Crippen LogP contribution in [0.3, 0.4) is 0 Å². The highest BCUT2D eigenvalue weighted by molar-refractivity contribution is 5.36. The number of H-pyrrole nitrogens is 1. The van der Waals surface area contributed by atoms with Gasteiger partial charge in [0.1, 0.15) is 0 Å². The second-order valence-corrected chi connectivity index (χ2v) is 4.17. The van der Waals surface area contributed by atoms with Crippen LogP contribution in [0.4, 0.5) is 0 Å². The Kier molecular flexibility index (Phi) is 3.15. The van der Waals surface area contributed by atoms with Crippen molar-refractivity contribution < 1.29 is 5.11 Å². The van der Waals surface area contributed by atoms with Crippen molar-refractivity contribution in [1.29, 1.82) is 0 Å². The molecular formula is C13H16N2O2. The van der Waals surface area contributed by atoms with Gasteiger partial charge in [-0.05, 0) is 31.5 Å². The van der Waals surface area contributed by atoms with Gasteiger partial charge >= 0.3 is 0 Å². The van der Waals surface area contributed by atoms with Crippen LogP contribution in [0.15, 0.2) is 29.1 Å². The van der Waals surface area contributed by atoms with Crippen LogP contribution in [0.1, 0.15) is 16.8 Å². The third-order valence-corrected chi connectivity index (χ3v) is 2.82. The van der Waals surface area contributed by atoms with Crippen LogP contribution in [-0.2, 0) is 6.42 Å². The van der Waals surface area contributed by atoms with Gasteiger partial charge in [-0.2, -0.15) is 0 Å². The smallest absolute Gasteiger partial charge is 0.274 e. The zero-order valence-electron chi connectivity index (χ0n) is 10.0. The summed E-state index contributed by atoms with van der Waals surface area (Å²) in [5.74, 6) is 0. The molecule has 0 unspecified atom stereocenters. The number of nitrogens with zero attached hydrogens (tertiary/aromatic N) is 1. The largest absolute Gasteiger partial charge is 0.396 e. The lowest BCUT2D eigenvalue weighted by molar-refractivity contribution is 0.299. The minimum absolute atomic E-state index is 0.0122. The van der Waals surface area contributed by atoms with Gasteiger partial charge in [0.2, 0.25) is 0 Å². The van der Waals surface area contributed by atoms with Crippen molar-refractivity contribution in [3.05, 3.63) is 51.4 Å². The lowest BCUT2D eigenvalue weighted by Crippen LogP contribution is -2.18. The summed E-state index contributed by atoms with van der Waals surface area (Å²) in [5, 5.41) is 12.0. The Morgan fingerprint density at radius 3 is 2.76 bits per heavy atom. The third-order valence-electron chi connectivity index (χ3n) is 2.82. The van der Waals surface area contributed by atoms with E-state index in [9.17, 15) is 4.79 Å². The summed E-state index contributed by atoms with van der Waals surface area (Å²) >= 11 is 0. The van der Waals surface area contributed by atoms with Gasteiger partial charge in [-0.3, -0.25) is 9.89 Å². The van der Waals surface area contributed by atoms with E-state index in [1.165, 1.54) is 4.68 Å². The molecule has 0 aliphatic heterocycles. The average Bonchev–Trinajstić information content (AvgIpc) is 2.57. The van der Waals surface area contributed by atoms with Gasteiger partial charge in [0.15, 0.2) is 0 Å². The minimum atomic E-state index is -0.0813. The van der Waals surface area contributed by atoms with Gasteiger partial charge in [0.05, 0.1) is 5.69 Å². The van der Waals surface area contributed by atoms with E-state index < -0.39 is 0 Å². The molecule has 0 spiro atoms. The molecule has 2 N–H and O–H groups in total. The summed E-state index contributed by atoms with van der Waals surface area (Å²) in [6, 6.07) is 7.73. The van der Waals surface area contributed by atoms with Gasteiger partial charge in [-0.1, -0.05) is 12.1 Å². The number of aryl methyl sites for hydroxylation is 2. The fraction of sp³-hybridized carbons (Fsp3) is 0.308. The molecule has 2 rings (SSSR count). The van der Waals surface area contributed by atoms with Crippen molar-refractivity contribution in [2.24, 2.45) is 0 Å². The molecule has 0 aliphatic rings. The molecule has 1 heterocycles. The third kappa shape index (κ3) is 2.17. The maximum absolute atomic E-state index is 12.1. The fourth-order valence-corrected chi connectivity index (χ4v) is 1.94. The molecule has 0 aliphatic carbocycles. The summed E-state index contributed by atoms with van der Waals surface area (Å²) < 4.78 is 1.52. The zero-order chi connectivity index (χ0) is 12.4. The molecule has 17 heavy (non-hydrogen) atoms. The highest BCUT2D eigenvalue weighted by atomic mass is 16.3. The van der Waals surface area contributed by atoms with Crippen LogP contribution in [0.25, 0.3) is 5.69 Å². The van der Waals surface area contributed by atoms with Crippen LogP contribution >= 0.6 is 0 Å². The molecule has 0 saturated heterocycles. The first-order chi connectivity index (χ1) is 8.13. The minimum Gasteiger partial charge on any atom is -0.396 e. The number of aliphatic hydroxyl groups excluding tert-OH is 1. The molecule has 1 aromatic heterocycles. The summed E-state index contributed by atoms with van der Waals surface area (Å²) in [7, 11) is 0. The number of hydrogen-bond donors (Lipinski definition) is 2. The molecule has 0 saturated carbocycles. The highest BCUT2D eigenvalue weighted by Gasteiger charge is 2.11. The van der Waals surface area contributed by atoms with E-state index in [4.69, 9.17) is 5.11 Å². The van der Waals surface area contributed by atoms with E-state index in [0.717, 1.165) is 16.9 Å². The standard InChI is InChI=1S/C13H16N2O2/c1-9-4-3-5-11(8-9)15-13(17)12(6-7-16)10(2)14-15/h3-5,8,14,16H,6-7H2,1-2H3. The van der Waals surface area contributed by atoms with Crippen molar-refractivity contribution in [2.75, 3.05) is 6.61 Å². The quantitative estimate of drug-likeness (QED) is 0.838. The number of aromatic amines is 1. The summed E-state index contributed by atoms with van der Waals surface area (Å²) in [6.07, 6.45) is 0.389. The van der Waals surface area contributed by atoms with Crippen molar-refractivity contribution in [3.63, 3.8) is 0 Å². The molecule has 0 amide bonds. The van der Waals surface area contributed by atoms with E-state index in [1.54, 1.807) is 0 Å². The first-order valence-corrected chi connectivity index (χ1v) is 5.62. The predicted molar refractivity (Wildman–Crippen MR) is 66.7 cm³/mol. The molecule has 1 aromatic carbocycles. The number of rotatable bonds is 3. The highest BCUT2D eigenvalue weighted by Crippen LogP contribution is 2.09. The summed E-state index contributed by atoms with van der Waals surface area (Å²) in [6.45, 7) is 3.82. The van der Waals surface area contributed by atoms with Crippen molar-refractivity contribution in [2.45, 2.75) is 20.3 Å². The van der Waals surface area contributed by atoms with Gasteiger partial charge < -0.3 is 5.11 Å². The number of benzene rings is 1. The van der Waals surface area contributed by atoms with Gasteiger partial charge in [0.25, 0.3) is 5.56 Å². The first kappa shape index (κ1) is 11.7. The maximum Gasteiger partial charge on any atom is 0.274 e. The zero-order valence-corrected chi connectivity index (χ0v) is 10.0. The molecule has 0 radical (unpaired) electrons. The predicted octanol–water partition coefficient (Wildman–Crippen LogP) is 1.32. The Morgan fingerprint density at radius 2 is 2.12 bits per heavy atom. The molecule has 90 valence electrons. The number of aromatic nitrogens is 2. The van der Waals surface area contributed by atoms with Crippen LogP contribution < -0.4 is 5.56 Å². The Morgan fingerprint density at radius 1 is 1.35 bits per heavy atom. The lowest BCUT2D eigenvalue weighted by Gasteiger charge is -2.02. The Hall–Kier alpha value is -1.81. The molecule has 0 fully saturated rings. The maximum atomic E-state index is 12.1. The van der Waals surface area contributed by atoms with Gasteiger partial charge in [-0.25, -0.2) is 4.68 Å². The van der Waals surface area contributed by atoms with E-state index in [1.807, 2.05) is 38.1 Å². The Bertz CT molecular complexity index is 581. The lowest BCUT2D eigenvalue weighted by atomic mass is 10.2. The molecule has 4 heteroatoms. The molecule has 2 aromatic rings. The van der Waals surface area contributed by atoms with Crippen LogP contribution in [0.5, 0.6) is 0 Å². The molecule has 0 atom stereocenters. The molecular weight excluding hydrogens is 216 g/mol. The van der Waals surface area contributed by atoms with E-state index in [2.05, 4.69) is 5.10 Å². The van der Waals surface area contributed by atoms with Gasteiger partial charge in [0, 0.05) is 24.3 Å². The van der Waals surface area contributed by atoms with E-state index in [0.29, 0.717) is 12.0 Å². The molecule has 4 nitrogen and oxygen atoms in total. The Labute approximate surface area is 99.5 Å². The van der Waals surface area contributed by atoms with Crippen LogP contribution in [0, 0.1) is 13.8 Å². The number of aliphatic hydroxyl groups is 1. The normalized spacial score (nSPS) is 10.8. The van der Waals surface area contributed by atoms with Crippen molar-refractivity contribution in [1.82, 2.24) is 9.78 Å². The first-order valence-electron chi connectivity index (χ1n) is 5.62. The monoisotopic (exact) mass is 232 g/mol. The van der Waals surface area contributed by atoms with E-state index >= 15 is 0 Å². The topological polar surface area (TPSA) is 58.0 Å². The van der Waals surface area contributed by atoms with Crippen LogP contribution in [-0.4, -0.2) is 21.5 Å². The van der Waals surface area contributed by atoms with Crippen molar-refractivity contribution >= 4 is 0 Å². The molecule has 0 bridgehead atoms. The fourth-order valence-electron chi connectivity index (χ4n) is 1.94. The summed E-state index contributed by atoms with van der Waals surface area (Å²) in [4.78, 5) is 12.1. The second kappa shape index (κ2) is 4.59. The van der Waals surface area contributed by atoms with E-state index in [-0.39, 0.29) is 12.2 Å². The van der Waals surface area contributed by atoms with Gasteiger partial charge in [-0.15, -0.1) is 0 Å². The number of nitrogens with one attached hydrogen (secondary N) is 1. The van der Waals surface area contributed by atoms with Crippen LogP contribution in [0.2, 0.25) is 0 Å².